The number of pyridine rings is 1. The van der Waals surface area contributed by atoms with E-state index in [1.165, 1.54) is 11.1 Å². The van der Waals surface area contributed by atoms with Gasteiger partial charge in [-0.05, 0) is 52.2 Å². The third kappa shape index (κ3) is 4.56. The minimum absolute atomic E-state index is 0.324. The molecule has 2 nitrogen and oxygen atoms in total. The quantitative estimate of drug-likeness (QED) is 0.728. The average Bonchev–Trinajstić information content (AvgIpc) is 2.50. The fraction of sp³-hybridized carbons (Fsp3) is 0.353. The van der Waals surface area contributed by atoms with Crippen LogP contribution in [0.2, 0.25) is 0 Å². The highest BCUT2D eigenvalue weighted by Gasteiger charge is 2.12. The van der Waals surface area contributed by atoms with Crippen molar-refractivity contribution >= 4 is 27.7 Å². The summed E-state index contributed by atoms with van der Waals surface area (Å²) in [7, 11) is 2.01. The predicted molar refractivity (Wildman–Crippen MR) is 95.0 cm³/mol. The van der Waals surface area contributed by atoms with Crippen LogP contribution in [-0.4, -0.2) is 17.8 Å². The predicted octanol–water partition coefficient (Wildman–Crippen LogP) is 5.02. The summed E-state index contributed by atoms with van der Waals surface area (Å²) in [5.74, 6) is 1.53. The molecule has 1 atom stereocenters. The highest BCUT2D eigenvalue weighted by atomic mass is 79.9. The van der Waals surface area contributed by atoms with Crippen molar-refractivity contribution in [1.29, 1.82) is 0 Å². The van der Waals surface area contributed by atoms with E-state index in [1.807, 2.05) is 25.4 Å². The number of nitrogens with one attached hydrogen (secondary N) is 1. The second-order valence-electron chi connectivity index (χ2n) is 5.26. The Morgan fingerprint density at radius 3 is 2.38 bits per heavy atom. The molecule has 1 unspecified atom stereocenters. The van der Waals surface area contributed by atoms with Gasteiger partial charge in [0.25, 0.3) is 0 Å². The van der Waals surface area contributed by atoms with Gasteiger partial charge in [0.1, 0.15) is 5.03 Å². The van der Waals surface area contributed by atoms with Crippen LogP contribution in [0.4, 0.5) is 0 Å². The topological polar surface area (TPSA) is 24.9 Å². The Hall–Kier alpha value is -0.840. The first kappa shape index (κ1) is 16.5. The van der Waals surface area contributed by atoms with Gasteiger partial charge >= 0.3 is 0 Å². The molecule has 0 saturated heterocycles. The van der Waals surface area contributed by atoms with E-state index in [1.54, 1.807) is 11.8 Å². The Kier molecular flexibility index (Phi) is 6.27. The highest BCUT2D eigenvalue weighted by Crippen LogP contribution is 2.29. The molecule has 21 heavy (non-hydrogen) atoms. The van der Waals surface area contributed by atoms with E-state index in [-0.39, 0.29) is 0 Å². The van der Waals surface area contributed by atoms with Gasteiger partial charge in [0.2, 0.25) is 0 Å². The number of benzene rings is 1. The zero-order valence-corrected chi connectivity index (χ0v) is 15.0. The van der Waals surface area contributed by atoms with Crippen LogP contribution in [0, 0.1) is 0 Å². The van der Waals surface area contributed by atoms with Gasteiger partial charge in [-0.2, -0.15) is 0 Å². The number of halogens is 1. The molecule has 0 aliphatic rings. The Balaban J connectivity index is 2.04. The Morgan fingerprint density at radius 2 is 1.81 bits per heavy atom. The molecule has 2 rings (SSSR count). The average molecular weight is 365 g/mol. The highest BCUT2D eigenvalue weighted by molar-refractivity contribution is 9.10. The van der Waals surface area contributed by atoms with Crippen molar-refractivity contribution in [2.45, 2.75) is 30.8 Å². The molecule has 2 aromatic rings. The van der Waals surface area contributed by atoms with E-state index in [4.69, 9.17) is 0 Å². The van der Waals surface area contributed by atoms with Gasteiger partial charge in [0.15, 0.2) is 0 Å². The van der Waals surface area contributed by atoms with E-state index in [9.17, 15) is 0 Å². The number of thioether (sulfide) groups is 1. The first-order valence-electron chi connectivity index (χ1n) is 7.12. The van der Waals surface area contributed by atoms with Gasteiger partial charge in [0.05, 0.1) is 0 Å². The van der Waals surface area contributed by atoms with Crippen LogP contribution >= 0.6 is 27.7 Å². The fourth-order valence-corrected chi connectivity index (χ4v) is 3.72. The van der Waals surface area contributed by atoms with Crippen LogP contribution < -0.4 is 5.32 Å². The SMILES string of the molecule is CNC(CSc1ncccc1Br)c1ccc(C(C)C)cc1. The summed E-state index contributed by atoms with van der Waals surface area (Å²) in [6.45, 7) is 4.44. The van der Waals surface area contributed by atoms with Gasteiger partial charge in [-0.3, -0.25) is 0 Å². The van der Waals surface area contributed by atoms with Crippen LogP contribution in [-0.2, 0) is 0 Å². The van der Waals surface area contributed by atoms with Crippen molar-refractivity contribution in [2.75, 3.05) is 12.8 Å². The second kappa shape index (κ2) is 7.97. The molecular formula is C17H21BrN2S. The number of hydrogen-bond donors (Lipinski definition) is 1. The zero-order chi connectivity index (χ0) is 15.2. The summed E-state index contributed by atoms with van der Waals surface area (Å²) in [5, 5.41) is 4.43. The van der Waals surface area contributed by atoms with Gasteiger partial charge in [-0.1, -0.05) is 38.1 Å². The molecule has 1 aromatic heterocycles. The molecule has 0 fully saturated rings. The monoisotopic (exact) mass is 364 g/mol. The van der Waals surface area contributed by atoms with Gasteiger partial charge in [-0.15, -0.1) is 11.8 Å². The van der Waals surface area contributed by atoms with E-state index in [0.717, 1.165) is 15.3 Å². The summed E-state index contributed by atoms with van der Waals surface area (Å²) in [6, 6.07) is 13.2. The van der Waals surface area contributed by atoms with Crippen molar-refractivity contribution in [1.82, 2.24) is 10.3 Å². The molecule has 0 saturated carbocycles. The zero-order valence-electron chi connectivity index (χ0n) is 12.6. The van der Waals surface area contributed by atoms with Crippen molar-refractivity contribution in [3.05, 3.63) is 58.2 Å². The smallest absolute Gasteiger partial charge is 0.110 e. The van der Waals surface area contributed by atoms with Crippen LogP contribution in [0.25, 0.3) is 0 Å². The molecule has 0 amide bonds. The Labute approximate surface area is 139 Å². The van der Waals surface area contributed by atoms with E-state index >= 15 is 0 Å². The molecule has 0 aliphatic carbocycles. The van der Waals surface area contributed by atoms with E-state index in [0.29, 0.717) is 12.0 Å². The summed E-state index contributed by atoms with van der Waals surface area (Å²) >= 11 is 5.31. The molecule has 1 heterocycles. The third-order valence-electron chi connectivity index (χ3n) is 3.47. The summed E-state index contributed by atoms with van der Waals surface area (Å²) < 4.78 is 1.06. The summed E-state index contributed by atoms with van der Waals surface area (Å²) in [4.78, 5) is 4.40. The maximum Gasteiger partial charge on any atom is 0.110 e. The minimum atomic E-state index is 0.324. The van der Waals surface area contributed by atoms with Gasteiger partial charge < -0.3 is 5.32 Å². The molecule has 0 radical (unpaired) electrons. The molecule has 0 aliphatic heterocycles. The molecule has 112 valence electrons. The summed E-state index contributed by atoms with van der Waals surface area (Å²) in [6.07, 6.45) is 1.83. The second-order valence-corrected chi connectivity index (χ2v) is 7.13. The van der Waals surface area contributed by atoms with E-state index in [2.05, 4.69) is 64.3 Å². The van der Waals surface area contributed by atoms with Crippen molar-refractivity contribution in [2.24, 2.45) is 0 Å². The Morgan fingerprint density at radius 1 is 1.14 bits per heavy atom. The normalized spacial score (nSPS) is 12.6. The fourth-order valence-electron chi connectivity index (χ4n) is 2.10. The molecule has 4 heteroatoms. The van der Waals surface area contributed by atoms with E-state index < -0.39 is 0 Å². The first-order chi connectivity index (χ1) is 10.1. The van der Waals surface area contributed by atoms with Gasteiger partial charge in [0, 0.05) is 22.5 Å². The molecular weight excluding hydrogens is 344 g/mol. The lowest BCUT2D eigenvalue weighted by Crippen LogP contribution is -2.18. The van der Waals surface area contributed by atoms with Crippen LogP contribution in [0.1, 0.15) is 36.9 Å². The third-order valence-corrected chi connectivity index (χ3v) is 5.47. The first-order valence-corrected chi connectivity index (χ1v) is 8.90. The minimum Gasteiger partial charge on any atom is -0.312 e. The van der Waals surface area contributed by atoms with Gasteiger partial charge in [-0.25, -0.2) is 4.98 Å². The van der Waals surface area contributed by atoms with Crippen LogP contribution in [0.3, 0.4) is 0 Å². The lowest BCUT2D eigenvalue weighted by atomic mass is 10.00. The van der Waals surface area contributed by atoms with Crippen molar-refractivity contribution in [3.8, 4) is 0 Å². The number of aromatic nitrogens is 1. The van der Waals surface area contributed by atoms with Crippen molar-refractivity contribution in [3.63, 3.8) is 0 Å². The lowest BCUT2D eigenvalue weighted by molar-refractivity contribution is 0.660. The maximum atomic E-state index is 4.40. The number of nitrogens with zero attached hydrogens (tertiary/aromatic N) is 1. The molecule has 1 N–H and O–H groups in total. The number of rotatable bonds is 6. The molecule has 0 bridgehead atoms. The molecule has 0 spiro atoms. The Bertz CT molecular complexity index is 569. The maximum absolute atomic E-state index is 4.40. The standard InChI is InChI=1S/C17H21BrN2S/c1-12(2)13-6-8-14(9-7-13)16(19-3)11-21-17-15(18)5-4-10-20-17/h4-10,12,16,19H,11H2,1-3H3. The van der Waals surface area contributed by atoms with Crippen LogP contribution in [0.15, 0.2) is 52.1 Å². The molecule has 1 aromatic carbocycles. The van der Waals surface area contributed by atoms with Crippen molar-refractivity contribution < 1.29 is 0 Å². The lowest BCUT2D eigenvalue weighted by Gasteiger charge is -2.17. The summed E-state index contributed by atoms with van der Waals surface area (Å²) in [5.41, 5.74) is 2.70. The van der Waals surface area contributed by atoms with Crippen LogP contribution in [0.5, 0.6) is 0 Å². The number of hydrogen-bond acceptors (Lipinski definition) is 3. The largest absolute Gasteiger partial charge is 0.312 e.